The van der Waals surface area contributed by atoms with Gasteiger partial charge in [0.2, 0.25) is 0 Å². The third kappa shape index (κ3) is 3.06. The first-order valence-corrected chi connectivity index (χ1v) is 9.04. The highest BCUT2D eigenvalue weighted by Crippen LogP contribution is 2.61. The first kappa shape index (κ1) is 17.7. The molecule has 5 rings (SSSR count). The molecule has 1 amide bonds. The van der Waals surface area contributed by atoms with Crippen molar-refractivity contribution in [2.24, 2.45) is 28.9 Å². The number of carbonyl (C=O) groups excluding carboxylic acids is 1. The molecule has 1 atom stereocenters. The second-order valence-electron chi connectivity index (χ2n) is 8.22. The lowest BCUT2D eigenvalue weighted by Crippen LogP contribution is -2.55. The maximum Gasteiger partial charge on any atom is 0.251 e. The zero-order chi connectivity index (χ0) is 16.0. The van der Waals surface area contributed by atoms with Crippen LogP contribution in [-0.2, 0) is 6.54 Å². The van der Waals surface area contributed by atoms with Crippen LogP contribution >= 0.6 is 12.4 Å². The molecule has 0 aromatic carbocycles. The van der Waals surface area contributed by atoms with Crippen LogP contribution in [0.4, 0.5) is 0 Å². The van der Waals surface area contributed by atoms with Gasteiger partial charge in [0.25, 0.3) is 5.91 Å². The molecule has 3 N–H and O–H groups in total. The molecule has 4 aliphatic rings. The summed E-state index contributed by atoms with van der Waals surface area (Å²) < 4.78 is 0. The van der Waals surface area contributed by atoms with Crippen molar-refractivity contribution in [3.8, 4) is 0 Å². The topological polar surface area (TPSA) is 68.0 Å². The van der Waals surface area contributed by atoms with Crippen molar-refractivity contribution in [2.75, 3.05) is 0 Å². The largest absolute Gasteiger partial charge is 0.349 e. The average Bonchev–Trinajstić information content (AvgIpc) is 2.53. The molecule has 24 heavy (non-hydrogen) atoms. The Balaban J connectivity index is 0.00000169. The van der Waals surface area contributed by atoms with Gasteiger partial charge in [0.15, 0.2) is 0 Å². The number of carbonyl (C=O) groups is 1. The number of hydrogen-bond donors (Lipinski definition) is 2. The van der Waals surface area contributed by atoms with E-state index in [1.54, 1.807) is 12.3 Å². The van der Waals surface area contributed by atoms with Crippen molar-refractivity contribution in [1.29, 1.82) is 0 Å². The van der Waals surface area contributed by atoms with E-state index in [0.29, 0.717) is 17.5 Å². The van der Waals surface area contributed by atoms with E-state index in [2.05, 4.69) is 17.2 Å². The van der Waals surface area contributed by atoms with Crippen LogP contribution in [-0.4, -0.2) is 16.9 Å². The minimum Gasteiger partial charge on any atom is -0.349 e. The fourth-order valence-corrected chi connectivity index (χ4v) is 5.87. The third-order valence-corrected chi connectivity index (χ3v) is 6.64. The fourth-order valence-electron chi connectivity index (χ4n) is 5.87. The summed E-state index contributed by atoms with van der Waals surface area (Å²) in [7, 11) is 0. The van der Waals surface area contributed by atoms with E-state index >= 15 is 0 Å². The van der Waals surface area contributed by atoms with E-state index in [4.69, 9.17) is 5.73 Å². The summed E-state index contributed by atoms with van der Waals surface area (Å²) in [4.78, 5) is 16.8. The van der Waals surface area contributed by atoms with E-state index in [0.717, 1.165) is 23.4 Å². The molecule has 4 saturated carbocycles. The average molecular weight is 350 g/mol. The van der Waals surface area contributed by atoms with Crippen molar-refractivity contribution < 1.29 is 4.79 Å². The van der Waals surface area contributed by atoms with Crippen LogP contribution in [0.1, 0.15) is 61.5 Å². The third-order valence-electron chi connectivity index (χ3n) is 6.64. The molecule has 0 radical (unpaired) electrons. The van der Waals surface area contributed by atoms with Crippen LogP contribution in [0.2, 0.25) is 0 Å². The standard InChI is InChI=1S/C19H27N3O.ClH/c1-12(22-18(23)16-2-3-21-17(7-16)11-20)19-8-13-4-14(9-19)6-15(5-13)10-19;/h2-3,7,12-15H,4-6,8-11,20H2,1H3,(H,22,23);1H. The van der Waals surface area contributed by atoms with Gasteiger partial charge in [-0.1, -0.05) is 0 Å². The summed E-state index contributed by atoms with van der Waals surface area (Å²) in [6.45, 7) is 2.59. The highest BCUT2D eigenvalue weighted by Gasteiger charge is 2.53. The number of amides is 1. The molecule has 1 aromatic rings. The normalized spacial score (nSPS) is 34.5. The molecule has 0 saturated heterocycles. The SMILES string of the molecule is CC(NC(=O)c1ccnc(CN)c1)C12CC3CC(CC(C3)C1)C2.Cl. The van der Waals surface area contributed by atoms with Gasteiger partial charge in [-0.3, -0.25) is 9.78 Å². The molecule has 0 spiro atoms. The van der Waals surface area contributed by atoms with Crippen molar-refractivity contribution >= 4 is 18.3 Å². The Hall–Kier alpha value is -1.13. The van der Waals surface area contributed by atoms with E-state index in [1.165, 1.54) is 38.5 Å². The molecule has 5 heteroatoms. The quantitative estimate of drug-likeness (QED) is 0.876. The van der Waals surface area contributed by atoms with Crippen molar-refractivity contribution in [2.45, 2.75) is 58.0 Å². The first-order chi connectivity index (χ1) is 11.1. The number of rotatable bonds is 4. The Kier molecular flexibility index (Phi) is 4.89. The van der Waals surface area contributed by atoms with Gasteiger partial charge in [-0.05, 0) is 80.8 Å². The van der Waals surface area contributed by atoms with Crippen molar-refractivity contribution in [3.05, 3.63) is 29.6 Å². The molecular formula is C19H28ClN3O. The highest BCUT2D eigenvalue weighted by atomic mass is 35.5. The van der Waals surface area contributed by atoms with Gasteiger partial charge in [0.1, 0.15) is 0 Å². The number of hydrogen-bond acceptors (Lipinski definition) is 3. The monoisotopic (exact) mass is 349 g/mol. The van der Waals surface area contributed by atoms with Gasteiger partial charge in [-0.25, -0.2) is 0 Å². The second kappa shape index (κ2) is 6.64. The smallest absolute Gasteiger partial charge is 0.251 e. The predicted molar refractivity (Wildman–Crippen MR) is 96.9 cm³/mol. The lowest BCUT2D eigenvalue weighted by atomic mass is 9.48. The molecular weight excluding hydrogens is 322 g/mol. The maximum atomic E-state index is 12.6. The Morgan fingerprint density at radius 3 is 2.42 bits per heavy atom. The van der Waals surface area contributed by atoms with Gasteiger partial charge in [0, 0.05) is 24.3 Å². The zero-order valence-electron chi connectivity index (χ0n) is 14.3. The minimum absolute atomic E-state index is 0. The van der Waals surface area contributed by atoms with E-state index < -0.39 is 0 Å². The highest BCUT2D eigenvalue weighted by molar-refractivity contribution is 5.94. The molecule has 4 bridgehead atoms. The Bertz CT molecular complexity index is 583. The lowest BCUT2D eigenvalue weighted by molar-refractivity contribution is -0.0688. The van der Waals surface area contributed by atoms with Gasteiger partial charge >= 0.3 is 0 Å². The van der Waals surface area contributed by atoms with Gasteiger partial charge in [-0.15, -0.1) is 12.4 Å². The Morgan fingerprint density at radius 2 is 1.88 bits per heavy atom. The summed E-state index contributed by atoms with van der Waals surface area (Å²) in [6, 6.07) is 3.83. The molecule has 132 valence electrons. The zero-order valence-corrected chi connectivity index (χ0v) is 15.1. The predicted octanol–water partition coefficient (Wildman–Crippen LogP) is 3.30. The van der Waals surface area contributed by atoms with Crippen LogP contribution in [0.25, 0.3) is 0 Å². The summed E-state index contributed by atoms with van der Waals surface area (Å²) in [6.07, 6.45) is 9.91. The van der Waals surface area contributed by atoms with Crippen molar-refractivity contribution in [3.63, 3.8) is 0 Å². The van der Waals surface area contributed by atoms with E-state index in [9.17, 15) is 4.79 Å². The molecule has 4 aliphatic carbocycles. The van der Waals surface area contributed by atoms with Crippen LogP contribution in [0.3, 0.4) is 0 Å². The van der Waals surface area contributed by atoms with Crippen LogP contribution in [0.5, 0.6) is 0 Å². The van der Waals surface area contributed by atoms with Crippen LogP contribution in [0, 0.1) is 23.2 Å². The number of aromatic nitrogens is 1. The number of pyridine rings is 1. The van der Waals surface area contributed by atoms with Gasteiger partial charge < -0.3 is 11.1 Å². The summed E-state index contributed by atoms with van der Waals surface area (Å²) >= 11 is 0. The molecule has 1 aromatic heterocycles. The van der Waals surface area contributed by atoms with Crippen molar-refractivity contribution in [1.82, 2.24) is 10.3 Å². The summed E-state index contributed by atoms with van der Waals surface area (Å²) in [5.41, 5.74) is 7.41. The number of halogens is 1. The molecule has 0 aliphatic heterocycles. The summed E-state index contributed by atoms with van der Waals surface area (Å²) in [5.74, 6) is 2.74. The Morgan fingerprint density at radius 1 is 1.29 bits per heavy atom. The Labute approximate surface area is 150 Å². The minimum atomic E-state index is 0. The molecule has 1 heterocycles. The van der Waals surface area contributed by atoms with Gasteiger partial charge in [0.05, 0.1) is 5.69 Å². The lowest BCUT2D eigenvalue weighted by Gasteiger charge is -2.59. The number of nitrogens with two attached hydrogens (primary N) is 1. The summed E-state index contributed by atoms with van der Waals surface area (Å²) in [5, 5.41) is 3.30. The van der Waals surface area contributed by atoms with E-state index in [-0.39, 0.29) is 24.4 Å². The first-order valence-electron chi connectivity index (χ1n) is 9.04. The molecule has 4 nitrogen and oxygen atoms in total. The molecule has 1 unspecified atom stereocenters. The second-order valence-corrected chi connectivity index (χ2v) is 8.22. The van der Waals surface area contributed by atoms with Crippen LogP contribution in [0.15, 0.2) is 18.3 Å². The van der Waals surface area contributed by atoms with Gasteiger partial charge in [-0.2, -0.15) is 0 Å². The van der Waals surface area contributed by atoms with E-state index in [1.807, 2.05) is 6.07 Å². The fraction of sp³-hybridized carbons (Fsp3) is 0.684. The van der Waals surface area contributed by atoms with Crippen LogP contribution < -0.4 is 11.1 Å². The molecule has 4 fully saturated rings. The number of nitrogens with one attached hydrogen (secondary N) is 1. The number of nitrogens with zero attached hydrogens (tertiary/aromatic N) is 1. The maximum absolute atomic E-state index is 12.6.